The average Bonchev–Trinajstić information content (AvgIpc) is 3.34. The number of amides is 2. The second kappa shape index (κ2) is 8.83. The van der Waals surface area contributed by atoms with Crippen molar-refractivity contribution in [3.63, 3.8) is 0 Å². The van der Waals surface area contributed by atoms with Crippen molar-refractivity contribution in [2.75, 3.05) is 10.6 Å². The van der Waals surface area contributed by atoms with Crippen LogP contribution in [-0.4, -0.2) is 42.5 Å². The van der Waals surface area contributed by atoms with Crippen LogP contribution in [0.2, 0.25) is 0 Å². The fourth-order valence-electron chi connectivity index (χ4n) is 2.58. The highest BCUT2D eigenvalue weighted by Gasteiger charge is 2.19. The van der Waals surface area contributed by atoms with Gasteiger partial charge in [0.05, 0.1) is 17.4 Å². The first-order valence-corrected chi connectivity index (χ1v) is 8.95. The lowest BCUT2D eigenvalue weighted by molar-refractivity contribution is -0.116. The van der Waals surface area contributed by atoms with Crippen LogP contribution in [0.5, 0.6) is 0 Å². The number of benzene rings is 1. The van der Waals surface area contributed by atoms with Gasteiger partial charge in [-0.2, -0.15) is 10.2 Å². The van der Waals surface area contributed by atoms with E-state index in [-0.39, 0.29) is 30.1 Å². The number of carboxylic acid groups (broad SMARTS) is 1. The van der Waals surface area contributed by atoms with Crippen LogP contribution in [0, 0.1) is 0 Å². The van der Waals surface area contributed by atoms with Crippen molar-refractivity contribution >= 4 is 29.2 Å². The van der Waals surface area contributed by atoms with Crippen molar-refractivity contribution in [3.8, 4) is 0 Å². The van der Waals surface area contributed by atoms with Crippen molar-refractivity contribution in [2.45, 2.75) is 26.4 Å². The number of hydrogen-bond donors (Lipinski definition) is 3. The molecule has 29 heavy (non-hydrogen) atoms. The number of nitrogens with zero attached hydrogens (tertiary/aromatic N) is 4. The third-order valence-electron chi connectivity index (χ3n) is 4.05. The Labute approximate surface area is 166 Å². The van der Waals surface area contributed by atoms with Crippen LogP contribution in [0.3, 0.4) is 0 Å². The molecule has 10 heteroatoms. The number of carboxylic acids is 1. The van der Waals surface area contributed by atoms with Gasteiger partial charge in [0.25, 0.3) is 5.91 Å². The number of aromatic nitrogens is 4. The van der Waals surface area contributed by atoms with Crippen LogP contribution in [0.1, 0.15) is 34.2 Å². The third kappa shape index (κ3) is 5.06. The molecular weight excluding hydrogens is 376 g/mol. The van der Waals surface area contributed by atoms with Crippen molar-refractivity contribution < 1.29 is 19.5 Å². The third-order valence-corrected chi connectivity index (χ3v) is 4.05. The topological polar surface area (TPSA) is 131 Å². The molecule has 0 atom stereocenters. The number of hydrogen-bond acceptors (Lipinski definition) is 5. The molecule has 3 rings (SSSR count). The molecule has 1 aromatic carbocycles. The van der Waals surface area contributed by atoms with Crippen LogP contribution >= 0.6 is 0 Å². The molecule has 3 aromatic rings. The molecule has 150 valence electrons. The van der Waals surface area contributed by atoms with E-state index in [9.17, 15) is 14.4 Å². The molecule has 0 radical (unpaired) electrons. The van der Waals surface area contributed by atoms with E-state index in [1.54, 1.807) is 35.1 Å². The molecule has 3 N–H and O–H groups in total. The van der Waals surface area contributed by atoms with E-state index in [1.807, 2.05) is 13.0 Å². The van der Waals surface area contributed by atoms with Crippen LogP contribution in [0.15, 0.2) is 48.9 Å². The number of carbonyl (C=O) groups excluding carboxylic acids is 2. The Bertz CT molecular complexity index is 1020. The van der Waals surface area contributed by atoms with Gasteiger partial charge in [-0.05, 0) is 19.1 Å². The van der Waals surface area contributed by atoms with Gasteiger partial charge in [-0.15, -0.1) is 0 Å². The molecular formula is C19H20N6O4. The van der Waals surface area contributed by atoms with Gasteiger partial charge < -0.3 is 15.7 Å². The Morgan fingerprint density at radius 2 is 1.83 bits per heavy atom. The molecule has 2 amide bonds. The fraction of sp³-hybridized carbons (Fsp3) is 0.211. The molecule has 0 aliphatic heterocycles. The van der Waals surface area contributed by atoms with Gasteiger partial charge in [-0.1, -0.05) is 18.2 Å². The number of nitrogens with one attached hydrogen (secondary N) is 2. The minimum absolute atomic E-state index is 0.0505. The maximum atomic E-state index is 12.6. The molecule has 0 saturated carbocycles. The van der Waals surface area contributed by atoms with Gasteiger partial charge in [0, 0.05) is 37.6 Å². The van der Waals surface area contributed by atoms with E-state index >= 15 is 0 Å². The molecule has 0 spiro atoms. The van der Waals surface area contributed by atoms with E-state index < -0.39 is 11.9 Å². The van der Waals surface area contributed by atoms with Crippen molar-refractivity contribution in [1.29, 1.82) is 0 Å². The Morgan fingerprint density at radius 3 is 2.48 bits per heavy atom. The first-order valence-electron chi connectivity index (χ1n) is 8.95. The zero-order valence-corrected chi connectivity index (χ0v) is 15.7. The lowest BCUT2D eigenvalue weighted by Crippen LogP contribution is -2.19. The first-order chi connectivity index (χ1) is 14.0. The van der Waals surface area contributed by atoms with Crippen LogP contribution in [-0.2, 0) is 17.9 Å². The predicted molar refractivity (Wildman–Crippen MR) is 105 cm³/mol. The molecule has 0 aliphatic rings. The monoisotopic (exact) mass is 396 g/mol. The van der Waals surface area contributed by atoms with E-state index in [0.717, 1.165) is 0 Å². The van der Waals surface area contributed by atoms with Gasteiger partial charge >= 0.3 is 5.97 Å². The van der Waals surface area contributed by atoms with Gasteiger partial charge in [0.1, 0.15) is 0 Å². The normalized spacial score (nSPS) is 10.5. The summed E-state index contributed by atoms with van der Waals surface area (Å²) in [4.78, 5) is 35.8. The lowest BCUT2D eigenvalue weighted by atomic mass is 10.3. The minimum Gasteiger partial charge on any atom is -0.478 e. The zero-order chi connectivity index (χ0) is 20.8. The number of aryl methyl sites for hydroxylation is 2. The fourth-order valence-corrected chi connectivity index (χ4v) is 2.58. The van der Waals surface area contributed by atoms with Crippen molar-refractivity contribution in [3.05, 3.63) is 60.2 Å². The number of carbonyl (C=O) groups is 3. The van der Waals surface area contributed by atoms with Crippen molar-refractivity contribution in [2.24, 2.45) is 0 Å². The maximum Gasteiger partial charge on any atom is 0.338 e. The molecule has 0 aliphatic carbocycles. The standard InChI is InChI=1S/C19H20N6O4/c1-2-24-12-15(17(23-24)18(27)21-14-6-4-3-5-7-14)22-16(26)8-9-25-11-13(10-20-25)19(28)29/h3-7,10-12H,2,8-9H2,1H3,(H,21,27)(H,22,26)(H,28,29). The molecule has 0 saturated heterocycles. The second-order valence-corrected chi connectivity index (χ2v) is 6.16. The molecule has 0 fully saturated rings. The molecule has 0 bridgehead atoms. The maximum absolute atomic E-state index is 12.6. The second-order valence-electron chi connectivity index (χ2n) is 6.16. The predicted octanol–water partition coefficient (Wildman–Crippen LogP) is 2.08. The van der Waals surface area contributed by atoms with Gasteiger partial charge in [-0.25, -0.2) is 4.79 Å². The summed E-state index contributed by atoms with van der Waals surface area (Å²) < 4.78 is 2.93. The van der Waals surface area contributed by atoms with E-state index in [4.69, 9.17) is 5.11 Å². The summed E-state index contributed by atoms with van der Waals surface area (Å²) in [6, 6.07) is 8.94. The highest BCUT2D eigenvalue weighted by atomic mass is 16.4. The smallest absolute Gasteiger partial charge is 0.338 e. The average molecular weight is 396 g/mol. The van der Waals surface area contributed by atoms with Crippen LogP contribution < -0.4 is 10.6 Å². The highest BCUT2D eigenvalue weighted by Crippen LogP contribution is 2.17. The summed E-state index contributed by atoms with van der Waals surface area (Å²) in [5.74, 6) is -1.86. The zero-order valence-electron chi connectivity index (χ0n) is 15.7. The Balaban J connectivity index is 1.66. The summed E-state index contributed by atoms with van der Waals surface area (Å²) in [6.45, 7) is 2.61. The van der Waals surface area contributed by atoms with Crippen molar-refractivity contribution in [1.82, 2.24) is 19.6 Å². The molecule has 2 heterocycles. The first kappa shape index (κ1) is 19.8. The minimum atomic E-state index is -1.08. The van der Waals surface area contributed by atoms with Gasteiger partial charge in [-0.3, -0.25) is 19.0 Å². The van der Waals surface area contributed by atoms with E-state index in [2.05, 4.69) is 20.8 Å². The molecule has 0 unspecified atom stereocenters. The summed E-state index contributed by atoms with van der Waals surface area (Å²) in [5.41, 5.74) is 1.08. The van der Waals surface area contributed by atoms with Gasteiger partial charge in [0.2, 0.25) is 5.91 Å². The quantitative estimate of drug-likeness (QED) is 0.534. The summed E-state index contributed by atoms with van der Waals surface area (Å²) >= 11 is 0. The molecule has 10 nitrogen and oxygen atoms in total. The largest absolute Gasteiger partial charge is 0.478 e. The van der Waals surface area contributed by atoms with E-state index in [0.29, 0.717) is 17.9 Å². The summed E-state index contributed by atoms with van der Waals surface area (Å²) in [5, 5.41) is 22.5. The van der Waals surface area contributed by atoms with Crippen LogP contribution in [0.4, 0.5) is 11.4 Å². The number of aromatic carboxylic acids is 1. The van der Waals surface area contributed by atoms with Gasteiger partial charge in [0.15, 0.2) is 5.69 Å². The highest BCUT2D eigenvalue weighted by molar-refractivity contribution is 6.08. The van der Waals surface area contributed by atoms with E-state index in [1.165, 1.54) is 17.1 Å². The number of anilines is 2. The summed E-state index contributed by atoms with van der Waals surface area (Å²) in [7, 11) is 0. The number of rotatable bonds is 8. The Kier molecular flexibility index (Phi) is 6.03. The Morgan fingerprint density at radius 1 is 1.07 bits per heavy atom. The SMILES string of the molecule is CCn1cc(NC(=O)CCn2cc(C(=O)O)cn2)c(C(=O)Nc2ccccc2)n1. The Hall–Kier alpha value is -3.95. The number of para-hydroxylation sites is 1. The summed E-state index contributed by atoms with van der Waals surface area (Å²) in [6.07, 6.45) is 4.22. The molecule has 2 aromatic heterocycles. The van der Waals surface area contributed by atoms with Crippen LogP contribution in [0.25, 0.3) is 0 Å². The lowest BCUT2D eigenvalue weighted by Gasteiger charge is -2.07.